The van der Waals surface area contributed by atoms with Crippen LogP contribution in [0.4, 0.5) is 0 Å². The highest BCUT2D eigenvalue weighted by molar-refractivity contribution is 5.97. The second-order valence-corrected chi connectivity index (χ2v) is 6.72. The van der Waals surface area contributed by atoms with E-state index < -0.39 is 18.0 Å². The average molecular weight is 411 g/mol. The minimum absolute atomic E-state index is 0.0722. The van der Waals surface area contributed by atoms with Crippen LogP contribution in [0.1, 0.15) is 35.5 Å². The number of furan rings is 1. The lowest BCUT2D eigenvalue weighted by Crippen LogP contribution is -2.35. The number of aryl methyl sites for hydroxylation is 1. The summed E-state index contributed by atoms with van der Waals surface area (Å²) in [7, 11) is 1.57. The van der Waals surface area contributed by atoms with Gasteiger partial charge < -0.3 is 23.9 Å². The van der Waals surface area contributed by atoms with E-state index in [4.69, 9.17) is 18.6 Å². The van der Waals surface area contributed by atoms with Crippen LogP contribution < -0.4 is 14.8 Å². The summed E-state index contributed by atoms with van der Waals surface area (Å²) in [5, 5.41) is 3.51. The molecule has 30 heavy (non-hydrogen) atoms. The van der Waals surface area contributed by atoms with Gasteiger partial charge in [-0.25, -0.2) is 4.79 Å². The third kappa shape index (κ3) is 4.56. The van der Waals surface area contributed by atoms with E-state index in [-0.39, 0.29) is 12.3 Å². The molecule has 0 bridgehead atoms. The second kappa shape index (κ2) is 9.35. The Bertz CT molecular complexity index is 1060. The third-order valence-corrected chi connectivity index (χ3v) is 4.70. The maximum atomic E-state index is 12.6. The maximum absolute atomic E-state index is 12.6. The predicted molar refractivity (Wildman–Crippen MR) is 112 cm³/mol. The van der Waals surface area contributed by atoms with Crippen molar-refractivity contribution in [3.8, 4) is 11.5 Å². The van der Waals surface area contributed by atoms with Crippen molar-refractivity contribution in [2.45, 2.75) is 33.4 Å². The summed E-state index contributed by atoms with van der Waals surface area (Å²) in [5.41, 5.74) is 2.01. The number of nitrogens with one attached hydrogen (secondary N) is 1. The molecule has 0 aliphatic heterocycles. The number of para-hydroxylation sites is 1. The lowest BCUT2D eigenvalue weighted by atomic mass is 10.1. The van der Waals surface area contributed by atoms with Crippen molar-refractivity contribution in [1.82, 2.24) is 5.32 Å². The summed E-state index contributed by atoms with van der Waals surface area (Å²) in [6.45, 7) is 5.98. The molecule has 0 aliphatic carbocycles. The molecule has 2 aromatic carbocycles. The summed E-state index contributed by atoms with van der Waals surface area (Å²) < 4.78 is 21.7. The van der Waals surface area contributed by atoms with Gasteiger partial charge in [0.25, 0.3) is 5.91 Å². The van der Waals surface area contributed by atoms with Crippen LogP contribution in [0, 0.1) is 6.92 Å². The molecule has 1 aromatic heterocycles. The molecule has 0 fully saturated rings. The monoisotopic (exact) mass is 411 g/mol. The van der Waals surface area contributed by atoms with Gasteiger partial charge in [-0.05, 0) is 45.0 Å². The molecule has 7 heteroatoms. The Morgan fingerprint density at radius 1 is 1.17 bits per heavy atom. The van der Waals surface area contributed by atoms with Gasteiger partial charge in [-0.2, -0.15) is 0 Å². The Balaban J connectivity index is 1.66. The molecular weight excluding hydrogens is 386 g/mol. The van der Waals surface area contributed by atoms with Gasteiger partial charge in [0.05, 0.1) is 13.7 Å². The summed E-state index contributed by atoms with van der Waals surface area (Å²) in [4.78, 5) is 25.0. The Labute approximate surface area is 174 Å². The third-order valence-electron chi connectivity index (χ3n) is 4.70. The number of fused-ring (bicyclic) bond motifs is 1. The number of methoxy groups -OCH3 is 1. The summed E-state index contributed by atoms with van der Waals surface area (Å²) in [6, 6.07) is 12.7. The molecule has 3 aromatic rings. The molecule has 1 amide bonds. The minimum atomic E-state index is -0.987. The summed E-state index contributed by atoms with van der Waals surface area (Å²) >= 11 is 0. The van der Waals surface area contributed by atoms with Crippen molar-refractivity contribution in [1.29, 1.82) is 0 Å². The number of esters is 1. The first kappa shape index (κ1) is 21.2. The molecule has 3 rings (SSSR count). The Morgan fingerprint density at radius 2 is 1.93 bits per heavy atom. The molecule has 0 saturated carbocycles. The fourth-order valence-electron chi connectivity index (χ4n) is 3.09. The van der Waals surface area contributed by atoms with Crippen LogP contribution in [0.5, 0.6) is 11.5 Å². The Hall–Kier alpha value is -3.48. The lowest BCUT2D eigenvalue weighted by Gasteiger charge is -2.14. The zero-order chi connectivity index (χ0) is 21.7. The van der Waals surface area contributed by atoms with Gasteiger partial charge in [-0.3, -0.25) is 4.79 Å². The summed E-state index contributed by atoms with van der Waals surface area (Å²) in [6.07, 6.45) is -0.987. The van der Waals surface area contributed by atoms with Crippen LogP contribution in [0.25, 0.3) is 11.0 Å². The number of ether oxygens (including phenoxy) is 3. The van der Waals surface area contributed by atoms with Crippen molar-refractivity contribution < 1.29 is 28.2 Å². The van der Waals surface area contributed by atoms with E-state index in [1.54, 1.807) is 26.2 Å². The number of hydrogen-bond acceptors (Lipinski definition) is 6. The fraction of sp³-hybridized carbons (Fsp3) is 0.304. The van der Waals surface area contributed by atoms with Crippen LogP contribution >= 0.6 is 0 Å². The van der Waals surface area contributed by atoms with E-state index in [1.807, 2.05) is 37.3 Å². The number of hydrogen-bond donors (Lipinski definition) is 1. The van der Waals surface area contributed by atoms with Crippen LogP contribution in [0.2, 0.25) is 0 Å². The highest BCUT2D eigenvalue weighted by atomic mass is 16.6. The zero-order valence-corrected chi connectivity index (χ0v) is 17.5. The molecule has 0 radical (unpaired) electrons. The molecular formula is C23H25NO6. The molecule has 0 saturated heterocycles. The molecule has 7 nitrogen and oxygen atoms in total. The van der Waals surface area contributed by atoms with E-state index >= 15 is 0 Å². The average Bonchev–Trinajstić information content (AvgIpc) is 3.08. The Morgan fingerprint density at radius 3 is 2.67 bits per heavy atom. The topological polar surface area (TPSA) is 87.0 Å². The second-order valence-electron chi connectivity index (χ2n) is 6.72. The molecule has 1 N–H and O–H groups in total. The Kier molecular flexibility index (Phi) is 6.61. The van der Waals surface area contributed by atoms with Crippen LogP contribution in [0.3, 0.4) is 0 Å². The number of amides is 1. The van der Waals surface area contributed by atoms with Gasteiger partial charge in [0.1, 0.15) is 17.1 Å². The van der Waals surface area contributed by atoms with E-state index in [2.05, 4.69) is 5.32 Å². The zero-order valence-electron chi connectivity index (χ0n) is 17.5. The number of carbonyl (C=O) groups is 2. The molecule has 0 spiro atoms. The van der Waals surface area contributed by atoms with Crippen LogP contribution in [-0.4, -0.2) is 31.7 Å². The van der Waals surface area contributed by atoms with E-state index in [1.165, 1.54) is 6.92 Å². The maximum Gasteiger partial charge on any atom is 0.375 e. The molecule has 0 aliphatic rings. The highest BCUT2D eigenvalue weighted by Gasteiger charge is 2.24. The van der Waals surface area contributed by atoms with Crippen LogP contribution in [-0.2, 0) is 16.1 Å². The molecule has 1 atom stereocenters. The first-order valence-electron chi connectivity index (χ1n) is 9.71. The van der Waals surface area contributed by atoms with Crippen molar-refractivity contribution in [2.24, 2.45) is 0 Å². The minimum Gasteiger partial charge on any atom is -0.496 e. The van der Waals surface area contributed by atoms with Gasteiger partial charge in [0.2, 0.25) is 5.76 Å². The van der Waals surface area contributed by atoms with Crippen molar-refractivity contribution in [2.75, 3.05) is 13.7 Å². The van der Waals surface area contributed by atoms with Gasteiger partial charge in [-0.1, -0.05) is 18.2 Å². The highest BCUT2D eigenvalue weighted by Crippen LogP contribution is 2.29. The summed E-state index contributed by atoms with van der Waals surface area (Å²) in [5.74, 6) is 0.330. The van der Waals surface area contributed by atoms with Crippen LogP contribution in [0.15, 0.2) is 46.9 Å². The molecule has 1 heterocycles. The smallest absolute Gasteiger partial charge is 0.375 e. The predicted octanol–water partition coefficient (Wildman–Crippen LogP) is 4.01. The van der Waals surface area contributed by atoms with Gasteiger partial charge in [-0.15, -0.1) is 0 Å². The molecule has 158 valence electrons. The van der Waals surface area contributed by atoms with Crippen molar-refractivity contribution in [3.63, 3.8) is 0 Å². The lowest BCUT2D eigenvalue weighted by molar-refractivity contribution is -0.129. The van der Waals surface area contributed by atoms with E-state index in [0.717, 1.165) is 10.9 Å². The first-order chi connectivity index (χ1) is 14.4. The van der Waals surface area contributed by atoms with Gasteiger partial charge in [0, 0.05) is 23.1 Å². The quantitative estimate of drug-likeness (QED) is 0.564. The number of rotatable bonds is 8. The van der Waals surface area contributed by atoms with E-state index in [0.29, 0.717) is 29.3 Å². The number of benzene rings is 2. The fourth-order valence-corrected chi connectivity index (χ4v) is 3.09. The molecule has 0 unspecified atom stereocenters. The van der Waals surface area contributed by atoms with Gasteiger partial charge >= 0.3 is 5.97 Å². The largest absolute Gasteiger partial charge is 0.496 e. The number of carbonyl (C=O) groups excluding carboxylic acids is 2. The van der Waals surface area contributed by atoms with Gasteiger partial charge in [0.15, 0.2) is 6.10 Å². The van der Waals surface area contributed by atoms with Crippen molar-refractivity contribution in [3.05, 3.63) is 59.4 Å². The van der Waals surface area contributed by atoms with Crippen molar-refractivity contribution >= 4 is 22.8 Å². The normalized spacial score (nSPS) is 11.7. The first-order valence-corrected chi connectivity index (χ1v) is 9.71. The van der Waals surface area contributed by atoms with E-state index in [9.17, 15) is 9.59 Å². The SMILES string of the molecule is CCOc1ccc2oc(C(=O)O[C@@H](C)C(=O)NCc3ccccc3OC)c(C)c2c1. The standard InChI is InChI=1S/C23H25NO6/c1-5-28-17-10-11-20-18(12-17)14(2)21(30-20)23(26)29-15(3)22(25)24-13-16-8-6-7-9-19(16)27-4/h6-12,15H,5,13H2,1-4H3,(H,24,25)/t15-/m0/s1.